The van der Waals surface area contributed by atoms with E-state index in [1.54, 1.807) is 17.9 Å². The molecule has 1 aromatic carbocycles. The lowest BCUT2D eigenvalue weighted by Crippen LogP contribution is -1.97. The Bertz CT molecular complexity index is 588. The number of benzene rings is 1. The van der Waals surface area contributed by atoms with Crippen molar-refractivity contribution in [1.82, 2.24) is 9.78 Å². The highest BCUT2D eigenvalue weighted by molar-refractivity contribution is 5.68. The van der Waals surface area contributed by atoms with Crippen LogP contribution in [0.5, 0.6) is 0 Å². The van der Waals surface area contributed by atoms with Crippen molar-refractivity contribution >= 4 is 5.69 Å². The maximum atomic E-state index is 13.9. The van der Waals surface area contributed by atoms with Crippen molar-refractivity contribution in [3.63, 3.8) is 0 Å². The zero-order chi connectivity index (χ0) is 13.4. The monoisotopic (exact) mass is 251 g/mol. The molecule has 0 atom stereocenters. The van der Waals surface area contributed by atoms with Crippen molar-refractivity contribution in [2.45, 2.75) is 19.8 Å². The number of halogens is 2. The minimum absolute atomic E-state index is 0.126. The van der Waals surface area contributed by atoms with Crippen LogP contribution in [-0.2, 0) is 7.05 Å². The molecule has 5 heteroatoms. The first-order chi connectivity index (χ1) is 8.40. The van der Waals surface area contributed by atoms with Crippen LogP contribution in [0.1, 0.15) is 25.5 Å². The molecule has 0 bridgehead atoms. The number of anilines is 1. The molecule has 0 unspecified atom stereocenters. The number of aromatic nitrogens is 2. The summed E-state index contributed by atoms with van der Waals surface area (Å²) in [6.07, 6.45) is 1.68. The molecule has 1 aromatic heterocycles. The molecule has 0 spiro atoms. The summed E-state index contributed by atoms with van der Waals surface area (Å²) in [4.78, 5) is 0. The van der Waals surface area contributed by atoms with Crippen LogP contribution in [0.25, 0.3) is 11.1 Å². The van der Waals surface area contributed by atoms with Crippen LogP contribution in [0.4, 0.5) is 14.5 Å². The van der Waals surface area contributed by atoms with E-state index in [1.807, 2.05) is 13.8 Å². The van der Waals surface area contributed by atoms with E-state index in [0.717, 1.165) is 17.8 Å². The fraction of sp³-hybridized carbons (Fsp3) is 0.308. The van der Waals surface area contributed by atoms with Crippen molar-refractivity contribution in [3.05, 3.63) is 35.7 Å². The van der Waals surface area contributed by atoms with E-state index < -0.39 is 11.6 Å². The minimum atomic E-state index is -0.620. The first kappa shape index (κ1) is 12.5. The summed E-state index contributed by atoms with van der Waals surface area (Å²) in [5.74, 6) is -1.03. The second-order valence-electron chi connectivity index (χ2n) is 4.61. The van der Waals surface area contributed by atoms with Gasteiger partial charge in [0.25, 0.3) is 0 Å². The van der Waals surface area contributed by atoms with E-state index in [4.69, 9.17) is 5.73 Å². The van der Waals surface area contributed by atoms with Crippen molar-refractivity contribution in [3.8, 4) is 11.1 Å². The van der Waals surface area contributed by atoms with Crippen molar-refractivity contribution in [2.24, 2.45) is 7.05 Å². The molecule has 96 valence electrons. The molecule has 0 aliphatic carbocycles. The van der Waals surface area contributed by atoms with Gasteiger partial charge in [-0.05, 0) is 12.0 Å². The number of nitrogen functional groups attached to an aromatic ring is 1. The maximum Gasteiger partial charge on any atom is 0.146 e. The average Bonchev–Trinajstić information content (AvgIpc) is 2.65. The van der Waals surface area contributed by atoms with Crippen LogP contribution < -0.4 is 5.73 Å². The van der Waals surface area contributed by atoms with Gasteiger partial charge in [-0.2, -0.15) is 5.10 Å². The van der Waals surface area contributed by atoms with E-state index in [0.29, 0.717) is 5.56 Å². The molecule has 0 saturated heterocycles. The number of nitrogens with zero attached hydrogens (tertiary/aromatic N) is 2. The van der Waals surface area contributed by atoms with Gasteiger partial charge in [0.15, 0.2) is 0 Å². The molecule has 1 heterocycles. The summed E-state index contributed by atoms with van der Waals surface area (Å²) in [5, 5.41) is 4.28. The summed E-state index contributed by atoms with van der Waals surface area (Å²) in [6, 6.07) is 2.12. The zero-order valence-corrected chi connectivity index (χ0v) is 10.5. The first-order valence-corrected chi connectivity index (χ1v) is 5.68. The van der Waals surface area contributed by atoms with Crippen molar-refractivity contribution in [2.75, 3.05) is 5.73 Å². The maximum absolute atomic E-state index is 13.9. The molecule has 0 amide bonds. The molecule has 3 nitrogen and oxygen atoms in total. The molecular formula is C13H15F2N3. The van der Waals surface area contributed by atoms with Gasteiger partial charge in [0.1, 0.15) is 11.6 Å². The van der Waals surface area contributed by atoms with Crippen LogP contribution in [0.15, 0.2) is 18.3 Å². The Hall–Kier alpha value is -1.91. The highest BCUT2D eigenvalue weighted by Gasteiger charge is 2.18. The highest BCUT2D eigenvalue weighted by Crippen LogP contribution is 2.31. The predicted octanol–water partition coefficient (Wildman–Crippen LogP) is 3.07. The van der Waals surface area contributed by atoms with Gasteiger partial charge < -0.3 is 5.73 Å². The Morgan fingerprint density at radius 1 is 1.17 bits per heavy atom. The molecule has 0 radical (unpaired) electrons. The second kappa shape index (κ2) is 4.40. The fourth-order valence-electron chi connectivity index (χ4n) is 1.91. The summed E-state index contributed by atoms with van der Waals surface area (Å²) >= 11 is 0. The fourth-order valence-corrected chi connectivity index (χ4v) is 1.91. The third-order valence-corrected chi connectivity index (χ3v) is 2.78. The van der Waals surface area contributed by atoms with E-state index in [1.165, 1.54) is 0 Å². The van der Waals surface area contributed by atoms with Gasteiger partial charge in [0, 0.05) is 30.4 Å². The van der Waals surface area contributed by atoms with E-state index >= 15 is 0 Å². The van der Waals surface area contributed by atoms with Gasteiger partial charge in [-0.15, -0.1) is 0 Å². The Labute approximate surface area is 104 Å². The van der Waals surface area contributed by atoms with Crippen LogP contribution in [0.3, 0.4) is 0 Å². The van der Waals surface area contributed by atoms with E-state index in [2.05, 4.69) is 5.10 Å². The Balaban J connectivity index is 2.65. The lowest BCUT2D eigenvalue weighted by molar-refractivity contribution is 0.607. The second-order valence-corrected chi connectivity index (χ2v) is 4.61. The molecule has 2 N–H and O–H groups in total. The zero-order valence-electron chi connectivity index (χ0n) is 10.5. The summed E-state index contributed by atoms with van der Waals surface area (Å²) in [6.45, 7) is 3.91. The van der Waals surface area contributed by atoms with Crippen molar-refractivity contribution < 1.29 is 8.78 Å². The van der Waals surface area contributed by atoms with Gasteiger partial charge in [0.05, 0.1) is 11.4 Å². The average molecular weight is 251 g/mol. The lowest BCUT2D eigenvalue weighted by atomic mass is 9.99. The number of nitrogens with two attached hydrogens (primary N) is 1. The largest absolute Gasteiger partial charge is 0.396 e. The topological polar surface area (TPSA) is 43.8 Å². The number of hydrogen-bond acceptors (Lipinski definition) is 2. The SMILES string of the molecule is CC(C)c1nn(C)cc1-c1cc(F)c(N)cc1F. The normalized spacial score (nSPS) is 11.2. The Kier molecular flexibility index (Phi) is 3.07. The lowest BCUT2D eigenvalue weighted by Gasteiger charge is -2.07. The first-order valence-electron chi connectivity index (χ1n) is 5.68. The van der Waals surface area contributed by atoms with Crippen LogP contribution >= 0.6 is 0 Å². The number of hydrogen-bond donors (Lipinski definition) is 1. The molecule has 0 aliphatic rings. The van der Waals surface area contributed by atoms with Gasteiger partial charge >= 0.3 is 0 Å². The van der Waals surface area contributed by atoms with Gasteiger partial charge in [-0.25, -0.2) is 8.78 Å². The van der Waals surface area contributed by atoms with Crippen LogP contribution in [-0.4, -0.2) is 9.78 Å². The standard InChI is InChI=1S/C13H15F2N3/c1-7(2)13-9(6-18(3)17-13)8-4-11(15)12(16)5-10(8)14/h4-7H,16H2,1-3H3. The van der Waals surface area contributed by atoms with Crippen molar-refractivity contribution in [1.29, 1.82) is 0 Å². The third kappa shape index (κ3) is 2.08. The molecule has 2 aromatic rings. The van der Waals surface area contributed by atoms with Gasteiger partial charge in [0.2, 0.25) is 0 Å². The smallest absolute Gasteiger partial charge is 0.146 e. The quantitative estimate of drug-likeness (QED) is 0.833. The third-order valence-electron chi connectivity index (χ3n) is 2.78. The summed E-state index contributed by atoms with van der Waals surface area (Å²) in [5.41, 5.74) is 6.68. The van der Waals surface area contributed by atoms with Crippen LogP contribution in [0.2, 0.25) is 0 Å². The number of aryl methyl sites for hydroxylation is 1. The number of rotatable bonds is 2. The summed E-state index contributed by atoms with van der Waals surface area (Å²) < 4.78 is 28.9. The highest BCUT2D eigenvalue weighted by atomic mass is 19.1. The Morgan fingerprint density at radius 3 is 2.44 bits per heavy atom. The van der Waals surface area contributed by atoms with Gasteiger partial charge in [-0.1, -0.05) is 13.8 Å². The Morgan fingerprint density at radius 2 is 1.83 bits per heavy atom. The summed E-state index contributed by atoms with van der Waals surface area (Å²) in [7, 11) is 1.75. The molecule has 0 fully saturated rings. The molecule has 0 saturated carbocycles. The molecule has 0 aliphatic heterocycles. The van der Waals surface area contributed by atoms with Crippen LogP contribution in [0, 0.1) is 11.6 Å². The molecular weight excluding hydrogens is 236 g/mol. The van der Waals surface area contributed by atoms with E-state index in [9.17, 15) is 8.78 Å². The molecule has 18 heavy (non-hydrogen) atoms. The van der Waals surface area contributed by atoms with Gasteiger partial charge in [-0.3, -0.25) is 4.68 Å². The van der Waals surface area contributed by atoms with E-state index in [-0.39, 0.29) is 17.2 Å². The predicted molar refractivity (Wildman–Crippen MR) is 67.1 cm³/mol. The minimum Gasteiger partial charge on any atom is -0.396 e. The molecule has 2 rings (SSSR count).